The number of fused-ring (bicyclic) bond motifs is 1. The average Bonchev–Trinajstić information content (AvgIpc) is 2.55. The van der Waals surface area contributed by atoms with Crippen molar-refractivity contribution in [3.8, 4) is 0 Å². The molecule has 1 aliphatic heterocycles. The number of benzene rings is 2. The van der Waals surface area contributed by atoms with Gasteiger partial charge in [0.25, 0.3) is 10.0 Å². The Bertz CT molecular complexity index is 859. The number of carbonyl (C=O) groups is 1. The minimum Gasteiger partial charge on any atom is -0.481 e. The van der Waals surface area contributed by atoms with Crippen LogP contribution in [0.15, 0.2) is 53.4 Å². The standard InChI is InChI=1S/C18H19NO4S/c1-13-6-8-15(9-7-13)24(22,23)19-11-10-14(12-18(20)21)16-4-2-3-5-17(16)19/h2-9,14H,10-12H2,1H3,(H,20,21). The molecule has 2 aromatic carbocycles. The lowest BCUT2D eigenvalue weighted by Gasteiger charge is -2.34. The van der Waals surface area contributed by atoms with Crippen molar-refractivity contribution in [1.29, 1.82) is 0 Å². The van der Waals surface area contributed by atoms with Crippen LogP contribution >= 0.6 is 0 Å². The minimum atomic E-state index is -3.66. The van der Waals surface area contributed by atoms with E-state index in [2.05, 4.69) is 0 Å². The van der Waals surface area contributed by atoms with Crippen LogP contribution in [-0.4, -0.2) is 26.0 Å². The van der Waals surface area contributed by atoms with Crippen LogP contribution < -0.4 is 4.31 Å². The van der Waals surface area contributed by atoms with Crippen LogP contribution in [0.5, 0.6) is 0 Å². The van der Waals surface area contributed by atoms with Crippen LogP contribution in [0, 0.1) is 6.92 Å². The van der Waals surface area contributed by atoms with Crippen LogP contribution in [0.4, 0.5) is 5.69 Å². The minimum absolute atomic E-state index is 0.00936. The van der Waals surface area contributed by atoms with Crippen LogP contribution in [-0.2, 0) is 14.8 Å². The number of para-hydroxylation sites is 1. The van der Waals surface area contributed by atoms with Gasteiger partial charge < -0.3 is 5.11 Å². The molecule has 0 fully saturated rings. The molecule has 1 atom stereocenters. The van der Waals surface area contributed by atoms with Crippen LogP contribution in [0.25, 0.3) is 0 Å². The Hall–Kier alpha value is -2.34. The number of carboxylic acid groups (broad SMARTS) is 1. The lowest BCUT2D eigenvalue weighted by atomic mass is 9.88. The van der Waals surface area contributed by atoms with Crippen molar-refractivity contribution in [3.05, 3.63) is 59.7 Å². The zero-order valence-electron chi connectivity index (χ0n) is 13.3. The van der Waals surface area contributed by atoms with Crippen molar-refractivity contribution < 1.29 is 18.3 Å². The fraction of sp³-hybridized carbons (Fsp3) is 0.278. The summed E-state index contributed by atoms with van der Waals surface area (Å²) < 4.78 is 27.4. The number of rotatable bonds is 4. The van der Waals surface area contributed by atoms with Gasteiger partial charge in [-0.25, -0.2) is 8.42 Å². The highest BCUT2D eigenvalue weighted by Gasteiger charge is 2.33. The number of aryl methyl sites for hydroxylation is 1. The molecule has 3 rings (SSSR count). The fourth-order valence-corrected chi connectivity index (χ4v) is 4.62. The Morgan fingerprint density at radius 1 is 1.17 bits per heavy atom. The average molecular weight is 345 g/mol. The maximum atomic E-state index is 13.0. The molecule has 2 aromatic rings. The number of aliphatic carboxylic acids is 1. The van der Waals surface area contributed by atoms with Crippen molar-refractivity contribution in [2.45, 2.75) is 30.6 Å². The van der Waals surface area contributed by atoms with Gasteiger partial charge in [-0.3, -0.25) is 9.10 Å². The Labute approximate surface area is 141 Å². The molecule has 0 bridgehead atoms. The number of hydrogen-bond donors (Lipinski definition) is 1. The second kappa shape index (κ2) is 6.28. The zero-order valence-corrected chi connectivity index (χ0v) is 14.2. The maximum absolute atomic E-state index is 13.0. The lowest BCUT2D eigenvalue weighted by Crippen LogP contribution is -2.37. The number of nitrogens with zero attached hydrogens (tertiary/aromatic N) is 1. The number of anilines is 1. The summed E-state index contributed by atoms with van der Waals surface area (Å²) in [6.07, 6.45) is 0.504. The van der Waals surface area contributed by atoms with Gasteiger partial charge in [-0.2, -0.15) is 0 Å². The molecule has 1 aliphatic rings. The lowest BCUT2D eigenvalue weighted by molar-refractivity contribution is -0.137. The van der Waals surface area contributed by atoms with Gasteiger partial charge >= 0.3 is 5.97 Å². The van der Waals surface area contributed by atoms with E-state index in [-0.39, 0.29) is 23.8 Å². The van der Waals surface area contributed by atoms with Crippen molar-refractivity contribution in [1.82, 2.24) is 0 Å². The van der Waals surface area contributed by atoms with Gasteiger partial charge in [0.2, 0.25) is 0 Å². The van der Waals surface area contributed by atoms with Crippen molar-refractivity contribution >= 4 is 21.7 Å². The highest BCUT2D eigenvalue weighted by atomic mass is 32.2. The first-order chi connectivity index (χ1) is 11.4. The van der Waals surface area contributed by atoms with Crippen molar-refractivity contribution in [2.75, 3.05) is 10.8 Å². The first-order valence-corrected chi connectivity index (χ1v) is 9.24. The molecule has 0 aromatic heterocycles. The number of carboxylic acids is 1. The monoisotopic (exact) mass is 345 g/mol. The Kier molecular flexibility index (Phi) is 4.32. The van der Waals surface area contributed by atoms with E-state index in [1.165, 1.54) is 4.31 Å². The number of hydrogen-bond acceptors (Lipinski definition) is 3. The van der Waals surface area contributed by atoms with Gasteiger partial charge in [0.15, 0.2) is 0 Å². The first kappa shape index (κ1) is 16.5. The van der Waals surface area contributed by atoms with E-state index < -0.39 is 16.0 Å². The second-order valence-electron chi connectivity index (χ2n) is 6.03. The molecule has 24 heavy (non-hydrogen) atoms. The molecule has 0 spiro atoms. The van der Waals surface area contributed by atoms with E-state index in [1.807, 2.05) is 19.1 Å². The first-order valence-electron chi connectivity index (χ1n) is 7.80. The maximum Gasteiger partial charge on any atom is 0.303 e. The number of sulfonamides is 1. The summed E-state index contributed by atoms with van der Waals surface area (Å²) in [5.41, 5.74) is 2.35. The molecule has 1 unspecified atom stereocenters. The molecule has 0 amide bonds. The van der Waals surface area contributed by atoms with Gasteiger partial charge in [0.05, 0.1) is 17.0 Å². The zero-order chi connectivity index (χ0) is 17.3. The van der Waals surface area contributed by atoms with Crippen LogP contribution in [0.1, 0.15) is 29.9 Å². The van der Waals surface area contributed by atoms with E-state index in [0.717, 1.165) is 11.1 Å². The summed E-state index contributed by atoms with van der Waals surface area (Å²) in [4.78, 5) is 11.3. The molecular weight excluding hydrogens is 326 g/mol. The second-order valence-corrected chi connectivity index (χ2v) is 7.89. The molecule has 0 radical (unpaired) electrons. The van der Waals surface area contributed by atoms with Gasteiger partial charge in [0, 0.05) is 6.54 Å². The molecule has 0 aliphatic carbocycles. The van der Waals surface area contributed by atoms with E-state index >= 15 is 0 Å². The predicted molar refractivity (Wildman–Crippen MR) is 91.8 cm³/mol. The molecule has 1 heterocycles. The largest absolute Gasteiger partial charge is 0.481 e. The highest BCUT2D eigenvalue weighted by Crippen LogP contribution is 2.39. The summed E-state index contributed by atoms with van der Waals surface area (Å²) in [6, 6.07) is 13.9. The SMILES string of the molecule is Cc1ccc(S(=O)(=O)N2CCC(CC(=O)O)c3ccccc32)cc1. The van der Waals surface area contributed by atoms with Crippen LogP contribution in [0.2, 0.25) is 0 Å². The molecule has 5 nitrogen and oxygen atoms in total. The Morgan fingerprint density at radius 3 is 2.50 bits per heavy atom. The van der Waals surface area contributed by atoms with E-state index in [9.17, 15) is 13.2 Å². The van der Waals surface area contributed by atoms with E-state index in [1.54, 1.807) is 36.4 Å². The summed E-state index contributed by atoms with van der Waals surface area (Å²) in [5.74, 6) is -1.03. The third-order valence-electron chi connectivity index (χ3n) is 4.36. The van der Waals surface area contributed by atoms with E-state index in [0.29, 0.717) is 12.1 Å². The molecule has 0 saturated carbocycles. The predicted octanol–water partition coefficient (Wildman–Crippen LogP) is 3.15. The highest BCUT2D eigenvalue weighted by molar-refractivity contribution is 7.92. The van der Waals surface area contributed by atoms with Gasteiger partial charge in [-0.1, -0.05) is 35.9 Å². The summed E-state index contributed by atoms with van der Waals surface area (Å²) in [5, 5.41) is 9.09. The molecular formula is C18H19NO4S. The topological polar surface area (TPSA) is 74.7 Å². The third-order valence-corrected chi connectivity index (χ3v) is 6.18. The molecule has 1 N–H and O–H groups in total. The third kappa shape index (κ3) is 3.01. The van der Waals surface area contributed by atoms with Gasteiger partial charge in [-0.05, 0) is 43.0 Å². The van der Waals surface area contributed by atoms with Crippen molar-refractivity contribution in [3.63, 3.8) is 0 Å². The van der Waals surface area contributed by atoms with E-state index in [4.69, 9.17) is 5.11 Å². The normalized spacial score (nSPS) is 17.4. The molecule has 0 saturated heterocycles. The Balaban J connectivity index is 2.03. The fourth-order valence-electron chi connectivity index (χ4n) is 3.12. The summed E-state index contributed by atoms with van der Waals surface area (Å²) in [7, 11) is -3.66. The summed E-state index contributed by atoms with van der Waals surface area (Å²) in [6.45, 7) is 2.19. The molecule has 6 heteroatoms. The van der Waals surface area contributed by atoms with Crippen molar-refractivity contribution in [2.24, 2.45) is 0 Å². The smallest absolute Gasteiger partial charge is 0.303 e. The van der Waals surface area contributed by atoms with Gasteiger partial charge in [0.1, 0.15) is 0 Å². The summed E-state index contributed by atoms with van der Waals surface area (Å²) >= 11 is 0. The van der Waals surface area contributed by atoms with Gasteiger partial charge in [-0.15, -0.1) is 0 Å². The van der Waals surface area contributed by atoms with Crippen LogP contribution in [0.3, 0.4) is 0 Å². The quantitative estimate of drug-likeness (QED) is 0.924. The molecule has 126 valence electrons. The Morgan fingerprint density at radius 2 is 1.83 bits per heavy atom.